The maximum absolute atomic E-state index is 12.4. The van der Waals surface area contributed by atoms with Gasteiger partial charge in [-0.3, -0.25) is 4.90 Å². The van der Waals surface area contributed by atoms with Crippen molar-refractivity contribution in [2.45, 2.75) is 44.3 Å². The normalized spacial score (nSPS) is 17.8. The number of pyridine rings is 1. The van der Waals surface area contributed by atoms with Crippen LogP contribution in [0.5, 0.6) is 0 Å². The molecule has 1 aromatic rings. The van der Waals surface area contributed by atoms with E-state index in [2.05, 4.69) is 9.88 Å². The Morgan fingerprint density at radius 3 is 2.33 bits per heavy atom. The Bertz CT molecular complexity index is 380. The molecule has 5 heteroatoms. The molecule has 1 heterocycles. The number of halogens is 3. The Labute approximate surface area is 105 Å². The lowest BCUT2D eigenvalue weighted by Crippen LogP contribution is -2.37. The lowest BCUT2D eigenvalue weighted by molar-refractivity contribution is -0.367. The molecule has 2 rings (SSSR count). The lowest BCUT2D eigenvalue weighted by atomic mass is 9.94. The molecule has 100 valence electrons. The summed E-state index contributed by atoms with van der Waals surface area (Å²) < 4.78 is 37.3. The molecule has 0 saturated heterocycles. The minimum Gasteiger partial charge on any atom is -0.262 e. The number of hydrogen-bond donors (Lipinski definition) is 0. The third-order valence-corrected chi connectivity index (χ3v) is 3.63. The van der Waals surface area contributed by atoms with Gasteiger partial charge in [0.2, 0.25) is 0 Å². The van der Waals surface area contributed by atoms with Crippen LogP contribution < -0.4 is 9.88 Å². The number of H-pyrrole nitrogens is 1. The number of aromatic amines is 1. The van der Waals surface area contributed by atoms with Crippen LogP contribution in [0.4, 0.5) is 19.0 Å². The van der Waals surface area contributed by atoms with Crippen molar-refractivity contribution in [2.24, 2.45) is 0 Å². The van der Waals surface area contributed by atoms with Crippen molar-refractivity contribution in [1.29, 1.82) is 0 Å². The molecule has 1 saturated carbocycles. The number of aromatic nitrogens is 1. The number of rotatable bonds is 2. The van der Waals surface area contributed by atoms with Gasteiger partial charge in [-0.25, -0.2) is 4.98 Å². The van der Waals surface area contributed by atoms with E-state index in [0.717, 1.165) is 30.9 Å². The molecule has 1 aromatic heterocycles. The Hall–Kier alpha value is -1.26. The first-order valence-electron chi connectivity index (χ1n) is 6.30. The Kier molecular flexibility index (Phi) is 3.78. The standard InChI is InChI=1S/C13H17F3N2/c1-18(11-5-3-2-4-6-11)12-8-7-10(9-17-12)13(14,15)16/h7-9,11H,2-6H2,1H3/p+1. The molecular weight excluding hydrogens is 241 g/mol. The molecule has 0 radical (unpaired) electrons. The van der Waals surface area contributed by atoms with Crippen LogP contribution in [0.15, 0.2) is 18.3 Å². The molecule has 0 atom stereocenters. The van der Waals surface area contributed by atoms with E-state index in [1.54, 1.807) is 0 Å². The summed E-state index contributed by atoms with van der Waals surface area (Å²) in [5, 5.41) is 0. The van der Waals surface area contributed by atoms with Crippen LogP contribution in [0.3, 0.4) is 0 Å². The van der Waals surface area contributed by atoms with E-state index in [0.29, 0.717) is 6.04 Å². The van der Waals surface area contributed by atoms with Gasteiger partial charge in [-0.15, -0.1) is 0 Å². The number of alkyl halides is 3. The molecule has 0 aliphatic heterocycles. The molecule has 1 N–H and O–H groups in total. The van der Waals surface area contributed by atoms with Crippen molar-refractivity contribution in [3.63, 3.8) is 0 Å². The van der Waals surface area contributed by atoms with Gasteiger partial charge in [0, 0.05) is 6.07 Å². The molecule has 0 unspecified atom stereocenters. The smallest absolute Gasteiger partial charge is 0.262 e. The van der Waals surface area contributed by atoms with Crippen LogP contribution in [0, 0.1) is 0 Å². The molecule has 18 heavy (non-hydrogen) atoms. The minimum absolute atomic E-state index is 0.437. The Morgan fingerprint density at radius 2 is 1.83 bits per heavy atom. The van der Waals surface area contributed by atoms with Crippen molar-refractivity contribution >= 4 is 5.82 Å². The molecule has 0 spiro atoms. The molecule has 0 aromatic carbocycles. The van der Waals surface area contributed by atoms with Gasteiger partial charge in [-0.2, -0.15) is 13.2 Å². The molecule has 2 nitrogen and oxygen atoms in total. The number of anilines is 1. The summed E-state index contributed by atoms with van der Waals surface area (Å²) in [6, 6.07) is 3.08. The van der Waals surface area contributed by atoms with Gasteiger partial charge in [-0.1, -0.05) is 6.42 Å². The zero-order chi connectivity index (χ0) is 13.2. The summed E-state index contributed by atoms with van der Waals surface area (Å²) in [7, 11) is 1.94. The van der Waals surface area contributed by atoms with Crippen LogP contribution in [0.1, 0.15) is 37.7 Å². The number of nitrogens with zero attached hydrogens (tertiary/aromatic N) is 1. The van der Waals surface area contributed by atoms with E-state index in [1.807, 2.05) is 7.05 Å². The predicted octanol–water partition coefficient (Wildman–Crippen LogP) is 3.29. The van der Waals surface area contributed by atoms with Gasteiger partial charge in [0.1, 0.15) is 6.20 Å². The summed E-state index contributed by atoms with van der Waals surface area (Å²) in [5.74, 6) is 0.745. The van der Waals surface area contributed by atoms with Gasteiger partial charge >= 0.3 is 6.18 Å². The number of hydrogen-bond acceptors (Lipinski definition) is 1. The van der Waals surface area contributed by atoms with Crippen LogP contribution in [0.2, 0.25) is 0 Å². The zero-order valence-corrected chi connectivity index (χ0v) is 10.4. The average molecular weight is 259 g/mol. The minimum atomic E-state index is -4.28. The quantitative estimate of drug-likeness (QED) is 0.796. The van der Waals surface area contributed by atoms with Crippen molar-refractivity contribution < 1.29 is 18.2 Å². The summed E-state index contributed by atoms with van der Waals surface area (Å²) in [6.07, 6.45) is 2.66. The molecule has 0 bridgehead atoms. The fraction of sp³-hybridized carbons (Fsp3) is 0.615. The fourth-order valence-electron chi connectivity index (χ4n) is 2.48. The summed E-state index contributed by atoms with van der Waals surface area (Å²) >= 11 is 0. The molecular formula is C13H18F3N2+. The monoisotopic (exact) mass is 259 g/mol. The summed E-state index contributed by atoms with van der Waals surface area (Å²) in [5.41, 5.74) is -0.636. The highest BCUT2D eigenvalue weighted by molar-refractivity contribution is 5.34. The maximum Gasteiger partial charge on any atom is 0.419 e. The van der Waals surface area contributed by atoms with E-state index in [1.165, 1.54) is 25.3 Å². The van der Waals surface area contributed by atoms with Crippen LogP contribution >= 0.6 is 0 Å². The lowest BCUT2D eigenvalue weighted by Gasteiger charge is -2.26. The van der Waals surface area contributed by atoms with E-state index in [-0.39, 0.29) is 0 Å². The van der Waals surface area contributed by atoms with Gasteiger partial charge in [0.25, 0.3) is 5.82 Å². The van der Waals surface area contributed by atoms with E-state index >= 15 is 0 Å². The topological polar surface area (TPSA) is 17.4 Å². The van der Waals surface area contributed by atoms with Crippen molar-refractivity contribution in [3.05, 3.63) is 23.9 Å². The predicted molar refractivity (Wildman–Crippen MR) is 63.3 cm³/mol. The fourth-order valence-corrected chi connectivity index (χ4v) is 2.48. The van der Waals surface area contributed by atoms with Gasteiger partial charge in [0.05, 0.1) is 18.7 Å². The largest absolute Gasteiger partial charge is 0.419 e. The van der Waals surface area contributed by atoms with Gasteiger partial charge < -0.3 is 0 Å². The summed E-state index contributed by atoms with van der Waals surface area (Å²) in [6.45, 7) is 0. The maximum atomic E-state index is 12.4. The first kappa shape index (κ1) is 13.2. The second-order valence-electron chi connectivity index (χ2n) is 4.86. The second kappa shape index (κ2) is 5.16. The molecule has 1 fully saturated rings. The first-order valence-corrected chi connectivity index (χ1v) is 6.30. The zero-order valence-electron chi connectivity index (χ0n) is 10.4. The molecule has 1 aliphatic rings. The van der Waals surface area contributed by atoms with Crippen molar-refractivity contribution in [1.82, 2.24) is 0 Å². The summed E-state index contributed by atoms with van der Waals surface area (Å²) in [4.78, 5) is 4.80. The van der Waals surface area contributed by atoms with Gasteiger partial charge in [0.15, 0.2) is 0 Å². The average Bonchev–Trinajstić information content (AvgIpc) is 2.38. The van der Waals surface area contributed by atoms with Crippen LogP contribution in [0.25, 0.3) is 0 Å². The second-order valence-corrected chi connectivity index (χ2v) is 4.86. The van der Waals surface area contributed by atoms with Crippen molar-refractivity contribution in [3.8, 4) is 0 Å². The highest BCUT2D eigenvalue weighted by Gasteiger charge is 2.32. The molecule has 0 amide bonds. The Balaban J connectivity index is 2.09. The van der Waals surface area contributed by atoms with Gasteiger partial charge in [-0.05, 0) is 31.7 Å². The van der Waals surface area contributed by atoms with E-state index < -0.39 is 11.7 Å². The Morgan fingerprint density at radius 1 is 1.17 bits per heavy atom. The molecule has 1 aliphatic carbocycles. The van der Waals surface area contributed by atoms with E-state index in [4.69, 9.17) is 0 Å². The SMILES string of the molecule is CN(c1ccc(C(F)(F)F)c[nH+]1)C1CCCCC1. The third-order valence-electron chi connectivity index (χ3n) is 3.63. The third kappa shape index (κ3) is 2.94. The van der Waals surface area contributed by atoms with Crippen LogP contribution in [-0.2, 0) is 6.18 Å². The van der Waals surface area contributed by atoms with E-state index in [9.17, 15) is 13.2 Å². The number of nitrogens with one attached hydrogen (secondary N) is 1. The van der Waals surface area contributed by atoms with Crippen molar-refractivity contribution in [2.75, 3.05) is 11.9 Å². The first-order chi connectivity index (χ1) is 8.48. The highest BCUT2D eigenvalue weighted by Crippen LogP contribution is 2.29. The van der Waals surface area contributed by atoms with Crippen LogP contribution in [-0.4, -0.2) is 13.1 Å². The highest BCUT2D eigenvalue weighted by atomic mass is 19.4.